The molecule has 0 radical (unpaired) electrons. The van der Waals surface area contributed by atoms with Gasteiger partial charge in [-0.2, -0.15) is 0 Å². The summed E-state index contributed by atoms with van der Waals surface area (Å²) in [4.78, 5) is 32.9. The first-order valence-corrected chi connectivity index (χ1v) is 7.16. The van der Waals surface area contributed by atoms with Gasteiger partial charge in [0.05, 0.1) is 31.4 Å². The van der Waals surface area contributed by atoms with Gasteiger partial charge in [-0.3, -0.25) is 4.79 Å². The van der Waals surface area contributed by atoms with Crippen molar-refractivity contribution in [2.45, 2.75) is 19.0 Å². The van der Waals surface area contributed by atoms with Gasteiger partial charge in [0.15, 0.2) is 0 Å². The van der Waals surface area contributed by atoms with Crippen molar-refractivity contribution in [1.82, 2.24) is 14.9 Å². The second-order valence-corrected chi connectivity index (χ2v) is 5.55. The topological polar surface area (TPSA) is 95.5 Å². The average Bonchev–Trinajstić information content (AvgIpc) is 3.12. The van der Waals surface area contributed by atoms with Gasteiger partial charge in [-0.15, -0.1) is 11.3 Å². The number of aromatic nitrogens is 2. The number of aliphatic carboxylic acids is 1. The predicted molar refractivity (Wildman–Crippen MR) is 74.5 cm³/mol. The van der Waals surface area contributed by atoms with E-state index in [0.29, 0.717) is 16.3 Å². The number of aromatic amines is 1. The number of carbonyl (C=O) groups excluding carboxylic acids is 1. The minimum absolute atomic E-state index is 0.201. The maximum absolute atomic E-state index is 12.6. The number of thiophene rings is 1. The standard InChI is InChI=1S/C13H13N3O4S/c1-20-10-2-3-21-11(10)12(17)16-5-8-7(14-6-15-8)4-9(16)13(18)19/h2-3,6,9H,4-5H2,1H3,(H,14,15)(H,18,19). The number of H-pyrrole nitrogens is 1. The zero-order valence-electron chi connectivity index (χ0n) is 11.2. The van der Waals surface area contributed by atoms with Gasteiger partial charge in [-0.1, -0.05) is 0 Å². The quantitative estimate of drug-likeness (QED) is 0.886. The summed E-state index contributed by atoms with van der Waals surface area (Å²) in [6, 6.07) is 0.777. The first kappa shape index (κ1) is 13.6. The Labute approximate surface area is 124 Å². The van der Waals surface area contributed by atoms with E-state index in [9.17, 15) is 14.7 Å². The van der Waals surface area contributed by atoms with Crippen LogP contribution in [0.2, 0.25) is 0 Å². The molecule has 2 N–H and O–H groups in total. The molecule has 3 rings (SSSR count). The van der Waals surface area contributed by atoms with E-state index in [1.54, 1.807) is 11.4 Å². The zero-order chi connectivity index (χ0) is 15.0. The number of imidazole rings is 1. The molecule has 0 aliphatic carbocycles. The number of rotatable bonds is 3. The van der Waals surface area contributed by atoms with Crippen LogP contribution in [0.3, 0.4) is 0 Å². The van der Waals surface area contributed by atoms with E-state index in [-0.39, 0.29) is 18.9 Å². The third-order valence-electron chi connectivity index (χ3n) is 3.49. The lowest BCUT2D eigenvalue weighted by molar-refractivity contribution is -0.142. The molecule has 1 aliphatic rings. The fraction of sp³-hybridized carbons (Fsp3) is 0.308. The largest absolute Gasteiger partial charge is 0.495 e. The molecule has 1 amide bonds. The monoisotopic (exact) mass is 307 g/mol. The molecule has 8 heteroatoms. The molecule has 1 atom stereocenters. The Hall–Kier alpha value is -2.35. The third-order valence-corrected chi connectivity index (χ3v) is 4.37. The van der Waals surface area contributed by atoms with Crippen LogP contribution in [0.1, 0.15) is 21.1 Å². The van der Waals surface area contributed by atoms with Crippen LogP contribution in [-0.2, 0) is 17.8 Å². The molecule has 0 bridgehead atoms. The number of carboxylic acids is 1. The number of nitrogens with zero attached hydrogens (tertiary/aromatic N) is 2. The van der Waals surface area contributed by atoms with Crippen LogP contribution >= 0.6 is 11.3 Å². The Bertz CT molecular complexity index is 693. The molecule has 21 heavy (non-hydrogen) atoms. The summed E-state index contributed by atoms with van der Waals surface area (Å²) in [6.07, 6.45) is 1.72. The molecular weight excluding hydrogens is 294 g/mol. The molecule has 2 aromatic heterocycles. The third kappa shape index (κ3) is 2.27. The van der Waals surface area contributed by atoms with Crippen LogP contribution in [0, 0.1) is 0 Å². The van der Waals surface area contributed by atoms with Crippen LogP contribution in [0.4, 0.5) is 0 Å². The number of amides is 1. The van der Waals surface area contributed by atoms with E-state index in [0.717, 1.165) is 5.69 Å². The molecule has 0 fully saturated rings. The van der Waals surface area contributed by atoms with Crippen molar-refractivity contribution in [1.29, 1.82) is 0 Å². The molecule has 1 aliphatic heterocycles. The van der Waals surface area contributed by atoms with Crippen LogP contribution in [0.25, 0.3) is 0 Å². The van der Waals surface area contributed by atoms with Crippen LogP contribution < -0.4 is 4.74 Å². The molecular formula is C13H13N3O4S. The summed E-state index contributed by atoms with van der Waals surface area (Å²) in [7, 11) is 1.48. The van der Waals surface area contributed by atoms with Crippen molar-refractivity contribution in [2.75, 3.05) is 7.11 Å². The highest BCUT2D eigenvalue weighted by atomic mass is 32.1. The summed E-state index contributed by atoms with van der Waals surface area (Å²) in [6.45, 7) is 0.201. The second kappa shape index (κ2) is 5.21. The maximum Gasteiger partial charge on any atom is 0.326 e. The summed E-state index contributed by atoms with van der Waals surface area (Å²) >= 11 is 1.24. The van der Waals surface area contributed by atoms with E-state index < -0.39 is 12.0 Å². The minimum atomic E-state index is -1.03. The number of ether oxygens (including phenoxy) is 1. The maximum atomic E-state index is 12.6. The van der Waals surface area contributed by atoms with Gasteiger partial charge in [0.2, 0.25) is 0 Å². The van der Waals surface area contributed by atoms with E-state index in [1.807, 2.05) is 0 Å². The summed E-state index contributed by atoms with van der Waals surface area (Å²) in [5.74, 6) is -0.911. The number of carbonyl (C=O) groups is 2. The van der Waals surface area contributed by atoms with E-state index in [1.165, 1.54) is 29.7 Å². The second-order valence-electron chi connectivity index (χ2n) is 4.64. The lowest BCUT2D eigenvalue weighted by Gasteiger charge is -2.32. The predicted octanol–water partition coefficient (Wildman–Crippen LogP) is 1.13. The first-order chi connectivity index (χ1) is 10.1. The Morgan fingerprint density at radius 3 is 3.10 bits per heavy atom. The average molecular weight is 307 g/mol. The number of nitrogens with one attached hydrogen (secondary N) is 1. The SMILES string of the molecule is COc1ccsc1C(=O)N1Cc2[nH]cnc2CC1C(=O)O. The Balaban J connectivity index is 1.96. The van der Waals surface area contributed by atoms with Crippen molar-refractivity contribution in [3.05, 3.63) is 34.0 Å². The molecule has 0 aromatic carbocycles. The molecule has 2 aromatic rings. The Kier molecular flexibility index (Phi) is 3.38. The smallest absolute Gasteiger partial charge is 0.326 e. The highest BCUT2D eigenvalue weighted by Crippen LogP contribution is 2.29. The van der Waals surface area contributed by atoms with Crippen molar-refractivity contribution in [2.24, 2.45) is 0 Å². The number of hydrogen-bond donors (Lipinski definition) is 2. The Morgan fingerprint density at radius 1 is 1.57 bits per heavy atom. The van der Waals surface area contributed by atoms with Gasteiger partial charge >= 0.3 is 5.97 Å². The molecule has 7 nitrogen and oxygen atoms in total. The van der Waals surface area contributed by atoms with Crippen LogP contribution in [0.5, 0.6) is 5.75 Å². The van der Waals surface area contributed by atoms with Crippen molar-refractivity contribution < 1.29 is 19.4 Å². The highest BCUT2D eigenvalue weighted by molar-refractivity contribution is 7.12. The van der Waals surface area contributed by atoms with Crippen LogP contribution in [0.15, 0.2) is 17.8 Å². The van der Waals surface area contributed by atoms with Gasteiger partial charge in [-0.05, 0) is 11.4 Å². The van der Waals surface area contributed by atoms with E-state index in [4.69, 9.17) is 4.74 Å². The van der Waals surface area contributed by atoms with Crippen molar-refractivity contribution in [3.63, 3.8) is 0 Å². The molecule has 3 heterocycles. The van der Waals surface area contributed by atoms with E-state index >= 15 is 0 Å². The van der Waals surface area contributed by atoms with Crippen LogP contribution in [-0.4, -0.2) is 45.0 Å². The van der Waals surface area contributed by atoms with Gasteiger partial charge in [0.25, 0.3) is 5.91 Å². The number of methoxy groups -OCH3 is 1. The van der Waals surface area contributed by atoms with Crippen molar-refractivity contribution in [3.8, 4) is 5.75 Å². The van der Waals surface area contributed by atoms with Gasteiger partial charge < -0.3 is 19.7 Å². The fourth-order valence-electron chi connectivity index (χ4n) is 2.41. The lowest BCUT2D eigenvalue weighted by atomic mass is 10.0. The molecule has 0 saturated heterocycles. The molecule has 1 unspecified atom stereocenters. The molecule has 110 valence electrons. The lowest BCUT2D eigenvalue weighted by Crippen LogP contribution is -2.48. The number of hydrogen-bond acceptors (Lipinski definition) is 5. The highest BCUT2D eigenvalue weighted by Gasteiger charge is 2.37. The summed E-state index contributed by atoms with van der Waals surface area (Å²) in [5.41, 5.74) is 1.47. The molecule has 0 spiro atoms. The first-order valence-electron chi connectivity index (χ1n) is 6.28. The summed E-state index contributed by atoms with van der Waals surface area (Å²) < 4.78 is 5.14. The van der Waals surface area contributed by atoms with Crippen molar-refractivity contribution >= 4 is 23.2 Å². The van der Waals surface area contributed by atoms with Gasteiger partial charge in [0, 0.05) is 6.42 Å². The number of fused-ring (bicyclic) bond motifs is 1. The minimum Gasteiger partial charge on any atom is -0.495 e. The van der Waals surface area contributed by atoms with Gasteiger partial charge in [-0.25, -0.2) is 9.78 Å². The molecule has 0 saturated carbocycles. The Morgan fingerprint density at radius 2 is 2.38 bits per heavy atom. The normalized spacial score (nSPS) is 17.4. The number of carboxylic acid groups (broad SMARTS) is 1. The zero-order valence-corrected chi connectivity index (χ0v) is 12.0. The van der Waals surface area contributed by atoms with E-state index in [2.05, 4.69) is 9.97 Å². The fourth-order valence-corrected chi connectivity index (χ4v) is 3.23. The van der Waals surface area contributed by atoms with Gasteiger partial charge in [0.1, 0.15) is 16.7 Å². The summed E-state index contributed by atoms with van der Waals surface area (Å²) in [5, 5.41) is 11.1.